The van der Waals surface area contributed by atoms with Gasteiger partial charge in [-0.05, 0) is 0 Å². The van der Waals surface area contributed by atoms with E-state index in [1.807, 2.05) is 0 Å². The zero-order valence-corrected chi connectivity index (χ0v) is 8.13. The second kappa shape index (κ2) is 3.74. The van der Waals surface area contributed by atoms with Crippen LogP contribution in [0.3, 0.4) is 0 Å². The Morgan fingerprint density at radius 3 is 2.57 bits per heavy atom. The van der Waals surface area contributed by atoms with Crippen LogP contribution in [0.1, 0.15) is 10.6 Å². The van der Waals surface area contributed by atoms with Crippen molar-refractivity contribution in [3.8, 4) is 0 Å². The minimum atomic E-state index is -4.60. The Hall–Kier alpha value is -0.820. The SMILES string of the molecule is NC(=O)Cc1sc(Cl)nc1C(F)(F)F. The number of alkyl halides is 3. The molecule has 1 aromatic rings. The zero-order chi connectivity index (χ0) is 10.9. The largest absolute Gasteiger partial charge is 0.434 e. The van der Waals surface area contributed by atoms with Crippen molar-refractivity contribution in [2.75, 3.05) is 0 Å². The lowest BCUT2D eigenvalue weighted by molar-refractivity contribution is -0.141. The minimum absolute atomic E-state index is 0.255. The molecule has 0 fully saturated rings. The lowest BCUT2D eigenvalue weighted by atomic mass is 10.3. The number of carbonyl (C=O) groups is 1. The van der Waals surface area contributed by atoms with E-state index >= 15 is 0 Å². The summed E-state index contributed by atoms with van der Waals surface area (Å²) in [7, 11) is 0. The van der Waals surface area contributed by atoms with E-state index < -0.39 is 24.2 Å². The van der Waals surface area contributed by atoms with E-state index in [0.29, 0.717) is 11.3 Å². The van der Waals surface area contributed by atoms with E-state index in [1.54, 1.807) is 0 Å². The van der Waals surface area contributed by atoms with Gasteiger partial charge >= 0.3 is 6.18 Å². The van der Waals surface area contributed by atoms with Gasteiger partial charge in [-0.1, -0.05) is 11.6 Å². The lowest BCUT2D eigenvalue weighted by Crippen LogP contribution is -2.16. The monoisotopic (exact) mass is 244 g/mol. The third-order valence-electron chi connectivity index (χ3n) is 1.27. The van der Waals surface area contributed by atoms with Crippen molar-refractivity contribution in [1.29, 1.82) is 0 Å². The van der Waals surface area contributed by atoms with Gasteiger partial charge in [0.1, 0.15) is 0 Å². The molecule has 1 aromatic heterocycles. The summed E-state index contributed by atoms with van der Waals surface area (Å²) in [4.78, 5) is 13.3. The van der Waals surface area contributed by atoms with E-state index in [0.717, 1.165) is 0 Å². The summed E-state index contributed by atoms with van der Waals surface area (Å²) in [6.45, 7) is 0. The molecule has 3 nitrogen and oxygen atoms in total. The number of thiazole rings is 1. The minimum Gasteiger partial charge on any atom is -0.369 e. The summed E-state index contributed by atoms with van der Waals surface area (Å²) in [5.41, 5.74) is 3.64. The van der Waals surface area contributed by atoms with Crippen LogP contribution in [0.5, 0.6) is 0 Å². The summed E-state index contributed by atoms with van der Waals surface area (Å²) in [5.74, 6) is -0.851. The van der Waals surface area contributed by atoms with Gasteiger partial charge in [0, 0.05) is 4.88 Å². The number of carbonyl (C=O) groups excluding carboxylic acids is 1. The molecule has 1 amide bonds. The van der Waals surface area contributed by atoms with Crippen molar-refractivity contribution >= 4 is 28.8 Å². The molecule has 0 atom stereocenters. The topological polar surface area (TPSA) is 56.0 Å². The number of aromatic nitrogens is 1. The number of nitrogens with zero attached hydrogens (tertiary/aromatic N) is 1. The third kappa shape index (κ3) is 2.58. The summed E-state index contributed by atoms with van der Waals surface area (Å²) < 4.78 is 36.5. The molecule has 0 radical (unpaired) electrons. The first-order valence-electron chi connectivity index (χ1n) is 3.31. The summed E-state index contributed by atoms with van der Waals surface area (Å²) in [5, 5.41) is 0. The van der Waals surface area contributed by atoms with Gasteiger partial charge < -0.3 is 5.73 Å². The first kappa shape index (κ1) is 11.3. The number of hydrogen-bond donors (Lipinski definition) is 1. The standard InChI is InChI=1S/C6H4ClF3N2OS/c7-5-12-4(6(8,9)10)2(14-5)1-3(11)13/h1H2,(H2,11,13). The van der Waals surface area contributed by atoms with Crippen LogP contribution in [0.2, 0.25) is 4.47 Å². The first-order chi connectivity index (χ1) is 6.30. The summed E-state index contributed by atoms with van der Waals surface area (Å²) >= 11 is 5.91. The van der Waals surface area contributed by atoms with Crippen molar-refractivity contribution in [1.82, 2.24) is 4.98 Å². The van der Waals surface area contributed by atoms with Crippen LogP contribution in [0, 0.1) is 0 Å². The highest BCUT2D eigenvalue weighted by molar-refractivity contribution is 7.15. The van der Waals surface area contributed by atoms with Gasteiger partial charge in [-0.2, -0.15) is 13.2 Å². The van der Waals surface area contributed by atoms with E-state index in [2.05, 4.69) is 4.98 Å². The Morgan fingerprint density at radius 1 is 1.57 bits per heavy atom. The summed E-state index contributed by atoms with van der Waals surface area (Å²) in [6, 6.07) is 0. The normalized spacial score (nSPS) is 11.7. The molecule has 0 saturated carbocycles. The van der Waals surface area contributed by atoms with Crippen molar-refractivity contribution < 1.29 is 18.0 Å². The number of nitrogens with two attached hydrogens (primary N) is 1. The van der Waals surface area contributed by atoms with Crippen LogP contribution in [-0.2, 0) is 17.4 Å². The van der Waals surface area contributed by atoms with E-state index in [1.165, 1.54) is 0 Å². The van der Waals surface area contributed by atoms with Crippen LogP contribution >= 0.6 is 22.9 Å². The maximum Gasteiger partial charge on any atom is 0.434 e. The fourth-order valence-corrected chi connectivity index (χ4v) is 2.00. The molecule has 0 aliphatic heterocycles. The maximum atomic E-state index is 12.2. The van der Waals surface area contributed by atoms with Crippen LogP contribution in [0.15, 0.2) is 0 Å². The van der Waals surface area contributed by atoms with Gasteiger partial charge in [0.05, 0.1) is 6.42 Å². The molecule has 1 rings (SSSR count). The van der Waals surface area contributed by atoms with Crippen molar-refractivity contribution in [3.63, 3.8) is 0 Å². The second-order valence-electron chi connectivity index (χ2n) is 2.38. The Morgan fingerprint density at radius 2 is 2.14 bits per heavy atom. The molecular weight excluding hydrogens is 241 g/mol. The fourth-order valence-electron chi connectivity index (χ4n) is 0.823. The molecule has 0 spiro atoms. The van der Waals surface area contributed by atoms with Gasteiger partial charge in [-0.15, -0.1) is 11.3 Å². The van der Waals surface area contributed by atoms with Crippen LogP contribution in [0.4, 0.5) is 13.2 Å². The number of hydrogen-bond acceptors (Lipinski definition) is 3. The van der Waals surface area contributed by atoms with E-state index in [9.17, 15) is 18.0 Å². The molecule has 14 heavy (non-hydrogen) atoms. The number of halogens is 4. The number of amides is 1. The molecule has 8 heteroatoms. The first-order valence-corrected chi connectivity index (χ1v) is 4.51. The Labute approximate surface area is 85.7 Å². The lowest BCUT2D eigenvalue weighted by Gasteiger charge is -2.03. The molecule has 0 aliphatic rings. The van der Waals surface area contributed by atoms with Crippen LogP contribution in [-0.4, -0.2) is 10.9 Å². The fraction of sp³-hybridized carbons (Fsp3) is 0.333. The highest BCUT2D eigenvalue weighted by Gasteiger charge is 2.37. The van der Waals surface area contributed by atoms with Gasteiger partial charge in [0.15, 0.2) is 10.2 Å². The molecule has 0 aliphatic carbocycles. The van der Waals surface area contributed by atoms with Crippen molar-refractivity contribution in [3.05, 3.63) is 15.0 Å². The highest BCUT2D eigenvalue weighted by atomic mass is 35.5. The molecule has 0 bridgehead atoms. The zero-order valence-electron chi connectivity index (χ0n) is 6.56. The smallest absolute Gasteiger partial charge is 0.369 e. The van der Waals surface area contributed by atoms with Crippen LogP contribution in [0.25, 0.3) is 0 Å². The predicted molar refractivity (Wildman–Crippen MR) is 45.0 cm³/mol. The Kier molecular flexibility index (Phi) is 3.01. The molecule has 0 unspecified atom stereocenters. The van der Waals surface area contributed by atoms with E-state index in [-0.39, 0.29) is 9.34 Å². The van der Waals surface area contributed by atoms with Crippen molar-refractivity contribution in [2.24, 2.45) is 5.73 Å². The maximum absolute atomic E-state index is 12.2. The molecular formula is C6H4ClF3N2OS. The van der Waals surface area contributed by atoms with Gasteiger partial charge in [-0.25, -0.2) is 4.98 Å². The molecule has 2 N–H and O–H groups in total. The average Bonchev–Trinajstić information content (AvgIpc) is 2.28. The average molecular weight is 245 g/mol. The molecule has 78 valence electrons. The predicted octanol–water partition coefficient (Wildman–Crippen LogP) is 1.84. The molecule has 0 saturated heterocycles. The quantitative estimate of drug-likeness (QED) is 0.863. The van der Waals surface area contributed by atoms with Gasteiger partial charge in [-0.3, -0.25) is 4.79 Å². The molecule has 1 heterocycles. The number of rotatable bonds is 2. The van der Waals surface area contributed by atoms with E-state index in [4.69, 9.17) is 17.3 Å². The second-order valence-corrected chi connectivity index (χ2v) is 4.05. The highest BCUT2D eigenvalue weighted by Crippen LogP contribution is 2.35. The number of primary amides is 1. The Bertz CT molecular complexity index is 362. The van der Waals surface area contributed by atoms with Crippen molar-refractivity contribution in [2.45, 2.75) is 12.6 Å². The third-order valence-corrected chi connectivity index (χ3v) is 2.43. The summed E-state index contributed by atoms with van der Waals surface area (Å²) in [6.07, 6.45) is -5.10. The van der Waals surface area contributed by atoms with Gasteiger partial charge in [0.25, 0.3) is 0 Å². The van der Waals surface area contributed by atoms with Crippen LogP contribution < -0.4 is 5.73 Å². The Balaban J connectivity index is 3.09. The molecule has 0 aromatic carbocycles. The van der Waals surface area contributed by atoms with Gasteiger partial charge in [0.2, 0.25) is 5.91 Å².